The van der Waals surface area contributed by atoms with Gasteiger partial charge in [-0.2, -0.15) is 18.3 Å². The first-order chi connectivity index (χ1) is 18.0. The molecule has 0 bridgehead atoms. The highest BCUT2D eigenvalue weighted by Crippen LogP contribution is 2.50. The molecule has 0 aliphatic heterocycles. The van der Waals surface area contributed by atoms with Crippen molar-refractivity contribution in [1.82, 2.24) is 9.78 Å². The SMILES string of the molecule is CCOC(=O)c1cc(NC(=O)C2(c3ccc(C(F)(F)F)cc3F)CC2)cc(F)c1-c1cnn(CC2CC2)c1. The zero-order valence-electron chi connectivity index (χ0n) is 20.4. The number of rotatable bonds is 8. The highest BCUT2D eigenvalue weighted by atomic mass is 19.4. The minimum Gasteiger partial charge on any atom is -0.462 e. The molecular weight excluding hydrogens is 509 g/mol. The lowest BCUT2D eigenvalue weighted by atomic mass is 9.93. The quantitative estimate of drug-likeness (QED) is 0.280. The highest BCUT2D eigenvalue weighted by Gasteiger charge is 2.53. The third kappa shape index (κ3) is 5.01. The maximum atomic E-state index is 15.4. The van der Waals surface area contributed by atoms with Crippen molar-refractivity contribution in [3.8, 4) is 11.1 Å². The number of halogens is 5. The number of anilines is 1. The molecule has 1 aromatic heterocycles. The lowest BCUT2D eigenvalue weighted by Crippen LogP contribution is -2.29. The summed E-state index contributed by atoms with van der Waals surface area (Å²) in [5, 5.41) is 6.77. The van der Waals surface area contributed by atoms with Gasteiger partial charge in [0.05, 0.1) is 29.3 Å². The van der Waals surface area contributed by atoms with E-state index < -0.39 is 40.7 Å². The van der Waals surface area contributed by atoms with E-state index in [1.54, 1.807) is 17.8 Å². The van der Waals surface area contributed by atoms with Gasteiger partial charge in [0.2, 0.25) is 5.91 Å². The number of alkyl halides is 3. The van der Waals surface area contributed by atoms with Gasteiger partial charge in [0.25, 0.3) is 0 Å². The Morgan fingerprint density at radius 1 is 1.13 bits per heavy atom. The Labute approximate surface area is 214 Å². The second kappa shape index (κ2) is 9.52. The number of esters is 1. The van der Waals surface area contributed by atoms with Crippen molar-refractivity contribution in [3.05, 3.63) is 71.1 Å². The van der Waals surface area contributed by atoms with Crippen LogP contribution >= 0.6 is 0 Å². The number of aromatic nitrogens is 2. The Morgan fingerprint density at radius 3 is 2.47 bits per heavy atom. The number of carbonyl (C=O) groups excluding carboxylic acids is 2. The van der Waals surface area contributed by atoms with Gasteiger partial charge in [-0.25, -0.2) is 13.6 Å². The number of carbonyl (C=O) groups is 2. The molecular formula is C27H24F5N3O3. The van der Waals surface area contributed by atoms with E-state index in [-0.39, 0.29) is 41.8 Å². The zero-order chi connectivity index (χ0) is 27.2. The largest absolute Gasteiger partial charge is 0.462 e. The number of hydrogen-bond acceptors (Lipinski definition) is 4. The van der Waals surface area contributed by atoms with E-state index in [4.69, 9.17) is 4.74 Å². The molecule has 3 aromatic rings. The fourth-order valence-electron chi connectivity index (χ4n) is 4.57. The molecule has 5 rings (SSSR count). The summed E-state index contributed by atoms with van der Waals surface area (Å²) in [6, 6.07) is 4.35. The molecule has 2 saturated carbocycles. The minimum atomic E-state index is -4.73. The summed E-state index contributed by atoms with van der Waals surface area (Å²) in [5.41, 5.74) is -2.58. The van der Waals surface area contributed by atoms with Gasteiger partial charge in [-0.1, -0.05) is 6.07 Å². The topological polar surface area (TPSA) is 73.2 Å². The van der Waals surface area contributed by atoms with E-state index in [9.17, 15) is 27.2 Å². The monoisotopic (exact) mass is 533 g/mol. The van der Waals surface area contributed by atoms with Crippen molar-refractivity contribution in [3.63, 3.8) is 0 Å². The highest BCUT2D eigenvalue weighted by molar-refractivity contribution is 6.04. The van der Waals surface area contributed by atoms with E-state index in [1.807, 2.05) is 0 Å². The van der Waals surface area contributed by atoms with Gasteiger partial charge >= 0.3 is 12.1 Å². The van der Waals surface area contributed by atoms with Crippen LogP contribution < -0.4 is 5.32 Å². The Hall–Kier alpha value is -3.76. The van der Waals surface area contributed by atoms with Crippen molar-refractivity contribution in [2.75, 3.05) is 11.9 Å². The Balaban J connectivity index is 1.44. The number of ether oxygens (including phenoxy) is 1. The van der Waals surface area contributed by atoms with E-state index in [1.165, 1.54) is 12.3 Å². The molecule has 38 heavy (non-hydrogen) atoms. The smallest absolute Gasteiger partial charge is 0.416 e. The second-order valence-corrected chi connectivity index (χ2v) is 9.72. The minimum absolute atomic E-state index is 0.0292. The van der Waals surface area contributed by atoms with Gasteiger partial charge in [-0.05, 0) is 62.8 Å². The van der Waals surface area contributed by atoms with Crippen molar-refractivity contribution in [2.45, 2.75) is 50.7 Å². The number of hydrogen-bond donors (Lipinski definition) is 1. The van der Waals surface area contributed by atoms with Crippen molar-refractivity contribution in [1.29, 1.82) is 0 Å². The van der Waals surface area contributed by atoms with Gasteiger partial charge < -0.3 is 10.1 Å². The number of nitrogens with one attached hydrogen (secondary N) is 1. The average Bonchev–Trinajstić information content (AvgIpc) is 3.77. The summed E-state index contributed by atoms with van der Waals surface area (Å²) < 4.78 is 75.7. The van der Waals surface area contributed by atoms with E-state index in [0.717, 1.165) is 31.0 Å². The molecule has 0 saturated heterocycles. The van der Waals surface area contributed by atoms with Crippen LogP contribution in [0.25, 0.3) is 11.1 Å². The first-order valence-electron chi connectivity index (χ1n) is 12.2. The standard InChI is InChI=1S/C27H24F5N3O3/c1-2-38-24(36)19-10-18(11-22(29)23(19)16-12-33-35(14-16)13-15-3-4-15)34-25(37)26(7-8-26)20-6-5-17(9-21(20)28)27(30,31)32/h5-6,9-12,14-15H,2-4,7-8,13H2,1H3,(H,34,37). The molecule has 6 nitrogen and oxygen atoms in total. The first kappa shape index (κ1) is 25.9. The van der Waals surface area contributed by atoms with Crippen LogP contribution in [0, 0.1) is 17.6 Å². The van der Waals surface area contributed by atoms with Crippen LogP contribution in [-0.4, -0.2) is 28.3 Å². The molecule has 2 aromatic carbocycles. The molecule has 2 aliphatic carbocycles. The Kier molecular flexibility index (Phi) is 6.48. The van der Waals surface area contributed by atoms with Crippen molar-refractivity contribution < 1.29 is 36.3 Å². The molecule has 0 atom stereocenters. The van der Waals surface area contributed by atoms with Crippen LogP contribution in [0.1, 0.15) is 54.1 Å². The first-order valence-corrected chi connectivity index (χ1v) is 12.2. The van der Waals surface area contributed by atoms with Crippen LogP contribution in [0.5, 0.6) is 0 Å². The fourth-order valence-corrected chi connectivity index (χ4v) is 4.57. The molecule has 0 radical (unpaired) electrons. The molecule has 11 heteroatoms. The van der Waals surface area contributed by atoms with Crippen molar-refractivity contribution in [2.24, 2.45) is 5.92 Å². The maximum absolute atomic E-state index is 15.4. The number of amides is 1. The van der Waals surface area contributed by atoms with E-state index in [0.29, 0.717) is 24.1 Å². The molecule has 200 valence electrons. The maximum Gasteiger partial charge on any atom is 0.416 e. The molecule has 1 heterocycles. The molecule has 1 N–H and O–H groups in total. The number of nitrogens with zero attached hydrogens (tertiary/aromatic N) is 2. The number of benzene rings is 2. The summed E-state index contributed by atoms with van der Waals surface area (Å²) in [6.45, 7) is 2.32. The van der Waals surface area contributed by atoms with Gasteiger partial charge in [0.15, 0.2) is 0 Å². The fraction of sp³-hybridized carbons (Fsp3) is 0.370. The molecule has 0 unspecified atom stereocenters. The summed E-state index contributed by atoms with van der Waals surface area (Å²) in [7, 11) is 0. The second-order valence-electron chi connectivity index (χ2n) is 9.72. The van der Waals surface area contributed by atoms with E-state index in [2.05, 4.69) is 10.4 Å². The van der Waals surface area contributed by atoms with Crippen LogP contribution in [0.4, 0.5) is 27.6 Å². The molecule has 1 amide bonds. The normalized spacial score (nSPS) is 16.3. The van der Waals surface area contributed by atoms with Crippen molar-refractivity contribution >= 4 is 17.6 Å². The zero-order valence-corrected chi connectivity index (χ0v) is 20.4. The van der Waals surface area contributed by atoms with Crippen LogP contribution in [0.15, 0.2) is 42.7 Å². The summed E-state index contributed by atoms with van der Waals surface area (Å²) in [6.07, 6.45) is 0.973. The summed E-state index contributed by atoms with van der Waals surface area (Å²) >= 11 is 0. The lowest BCUT2D eigenvalue weighted by Gasteiger charge is -2.19. The summed E-state index contributed by atoms with van der Waals surface area (Å²) in [4.78, 5) is 25.9. The molecule has 2 fully saturated rings. The van der Waals surface area contributed by atoms with Gasteiger partial charge in [-0.15, -0.1) is 0 Å². The predicted octanol–water partition coefficient (Wildman–Crippen LogP) is 6.10. The van der Waals surface area contributed by atoms with Crippen LogP contribution in [0.3, 0.4) is 0 Å². The third-order valence-electron chi connectivity index (χ3n) is 6.90. The van der Waals surface area contributed by atoms with Crippen LogP contribution in [0.2, 0.25) is 0 Å². The lowest BCUT2D eigenvalue weighted by molar-refractivity contribution is -0.137. The third-order valence-corrected chi connectivity index (χ3v) is 6.90. The summed E-state index contributed by atoms with van der Waals surface area (Å²) in [5.74, 6) is -2.94. The van der Waals surface area contributed by atoms with Gasteiger partial charge in [0, 0.05) is 35.1 Å². The van der Waals surface area contributed by atoms with E-state index >= 15 is 4.39 Å². The predicted molar refractivity (Wildman–Crippen MR) is 127 cm³/mol. The molecule has 2 aliphatic rings. The molecule has 0 spiro atoms. The van der Waals surface area contributed by atoms with Gasteiger partial charge in [0.1, 0.15) is 11.6 Å². The van der Waals surface area contributed by atoms with Gasteiger partial charge in [-0.3, -0.25) is 9.48 Å². The average molecular weight is 533 g/mol. The van der Waals surface area contributed by atoms with Crippen LogP contribution in [-0.2, 0) is 27.7 Å². The Bertz CT molecular complexity index is 1410. The Morgan fingerprint density at radius 2 is 1.87 bits per heavy atom.